The molecule has 0 spiro atoms. The molecule has 0 amide bonds. The molecule has 172 valence electrons. The van der Waals surface area contributed by atoms with Gasteiger partial charge in [-0.05, 0) is 48.1 Å². The molecule has 0 fully saturated rings. The number of hydrogen-bond acceptors (Lipinski definition) is 7. The van der Waals surface area contributed by atoms with E-state index in [9.17, 15) is 9.59 Å². The minimum atomic E-state index is -0.224. The summed E-state index contributed by atoms with van der Waals surface area (Å²) in [4.78, 5) is 27.0. The van der Waals surface area contributed by atoms with Crippen molar-refractivity contribution in [2.45, 2.75) is 5.92 Å². The number of pyridine rings is 1. The highest BCUT2D eigenvalue weighted by Crippen LogP contribution is 2.28. The maximum Gasteiger partial charge on any atom is 0.183 e. The minimum Gasteiger partial charge on any atom is -0.384 e. The van der Waals surface area contributed by atoms with Gasteiger partial charge in [0.2, 0.25) is 0 Å². The van der Waals surface area contributed by atoms with Crippen LogP contribution in [0.5, 0.6) is 0 Å². The van der Waals surface area contributed by atoms with Crippen LogP contribution in [0.15, 0.2) is 119 Å². The van der Waals surface area contributed by atoms with Crippen molar-refractivity contribution < 1.29 is 9.59 Å². The second kappa shape index (κ2) is 12.6. The van der Waals surface area contributed by atoms with E-state index in [2.05, 4.69) is 21.8 Å². The summed E-state index contributed by atoms with van der Waals surface area (Å²) in [6.07, 6.45) is 5.68. The molecule has 34 heavy (non-hydrogen) atoms. The van der Waals surface area contributed by atoms with E-state index in [0.29, 0.717) is 17.1 Å². The van der Waals surface area contributed by atoms with Crippen LogP contribution in [0.4, 0.5) is 23.0 Å². The number of aromatic nitrogens is 1. The molecule has 1 unspecified atom stereocenters. The van der Waals surface area contributed by atoms with Crippen molar-refractivity contribution in [1.82, 2.24) is 4.98 Å². The molecular weight excluding hydrogens is 450 g/mol. The van der Waals surface area contributed by atoms with E-state index >= 15 is 0 Å². The molecule has 0 radical (unpaired) electrons. The number of allylic oxidation sites excluding steroid dienone is 5. The van der Waals surface area contributed by atoms with Gasteiger partial charge in [0.25, 0.3) is 0 Å². The molecule has 1 aliphatic rings. The van der Waals surface area contributed by atoms with E-state index in [0.717, 1.165) is 11.3 Å². The predicted molar refractivity (Wildman–Crippen MR) is 138 cm³/mol. The van der Waals surface area contributed by atoms with Crippen LogP contribution < -0.4 is 11.5 Å². The first kappa shape index (κ1) is 25.9. The zero-order chi connectivity index (χ0) is 23.6. The molecule has 1 atom stereocenters. The van der Waals surface area contributed by atoms with Gasteiger partial charge in [0.05, 0.1) is 5.69 Å². The summed E-state index contributed by atoms with van der Waals surface area (Å²) in [5.74, 6) is 0.147. The number of ketones is 2. The average molecular weight is 474 g/mol. The molecule has 1 aliphatic carbocycles. The van der Waals surface area contributed by atoms with E-state index in [1.165, 1.54) is 18.2 Å². The number of carbonyl (C=O) groups is 2. The lowest BCUT2D eigenvalue weighted by Crippen LogP contribution is -2.13. The first-order valence-electron chi connectivity index (χ1n) is 10.1. The van der Waals surface area contributed by atoms with E-state index in [1.807, 2.05) is 60.7 Å². The maximum absolute atomic E-state index is 11.8. The molecule has 4 rings (SSSR count). The SMILES string of the molecule is C=CC(C1=CC(=O)C=CC1=O)c1ccccc1.Cl.Nc1ccc(N=Nc2ccccc2)c(N)n1. The lowest BCUT2D eigenvalue weighted by atomic mass is 9.86. The first-order valence-corrected chi connectivity index (χ1v) is 10.1. The summed E-state index contributed by atoms with van der Waals surface area (Å²) in [6.45, 7) is 3.74. The largest absolute Gasteiger partial charge is 0.384 e. The third-order valence-electron chi connectivity index (χ3n) is 4.66. The van der Waals surface area contributed by atoms with Crippen LogP contribution in [0.25, 0.3) is 0 Å². The van der Waals surface area contributed by atoms with Crippen LogP contribution in [0.3, 0.4) is 0 Å². The molecule has 2 aromatic carbocycles. The third-order valence-corrected chi connectivity index (χ3v) is 4.66. The molecule has 0 saturated carbocycles. The molecule has 1 aromatic heterocycles. The average Bonchev–Trinajstić information content (AvgIpc) is 2.83. The van der Waals surface area contributed by atoms with E-state index < -0.39 is 0 Å². The highest BCUT2D eigenvalue weighted by molar-refractivity contribution is 6.18. The predicted octanol–water partition coefficient (Wildman–Crippen LogP) is 5.67. The first-order chi connectivity index (χ1) is 16.0. The minimum absolute atomic E-state index is 0. The molecule has 7 nitrogen and oxygen atoms in total. The van der Waals surface area contributed by atoms with Gasteiger partial charge in [0.1, 0.15) is 11.5 Å². The van der Waals surface area contributed by atoms with Crippen molar-refractivity contribution >= 4 is 47.0 Å². The van der Waals surface area contributed by atoms with E-state index in [4.69, 9.17) is 11.5 Å². The van der Waals surface area contributed by atoms with Crippen LogP contribution in [-0.2, 0) is 9.59 Å². The van der Waals surface area contributed by atoms with Crippen molar-refractivity contribution in [3.63, 3.8) is 0 Å². The van der Waals surface area contributed by atoms with Gasteiger partial charge in [-0.15, -0.1) is 24.1 Å². The number of nitrogens with two attached hydrogens (primary N) is 2. The van der Waals surface area contributed by atoms with Crippen molar-refractivity contribution in [3.8, 4) is 0 Å². The van der Waals surface area contributed by atoms with Crippen LogP contribution in [-0.4, -0.2) is 16.6 Å². The quantitative estimate of drug-likeness (QED) is 0.280. The van der Waals surface area contributed by atoms with Crippen molar-refractivity contribution in [2.75, 3.05) is 11.5 Å². The van der Waals surface area contributed by atoms with Crippen molar-refractivity contribution in [3.05, 3.63) is 115 Å². The number of azo groups is 1. The Balaban J connectivity index is 0.000000234. The van der Waals surface area contributed by atoms with Gasteiger partial charge in [0, 0.05) is 11.5 Å². The van der Waals surface area contributed by atoms with Gasteiger partial charge in [-0.2, -0.15) is 5.11 Å². The molecule has 0 bridgehead atoms. The maximum atomic E-state index is 11.8. The van der Waals surface area contributed by atoms with Gasteiger partial charge in [0.15, 0.2) is 17.4 Å². The van der Waals surface area contributed by atoms with Gasteiger partial charge in [-0.3, -0.25) is 9.59 Å². The number of carbonyl (C=O) groups excluding carboxylic acids is 2. The second-order valence-corrected chi connectivity index (χ2v) is 7.00. The third kappa shape index (κ3) is 7.08. The Morgan fingerprint density at radius 3 is 2.12 bits per heavy atom. The Bertz CT molecular complexity index is 1240. The van der Waals surface area contributed by atoms with Gasteiger partial charge < -0.3 is 11.5 Å². The fourth-order valence-electron chi connectivity index (χ4n) is 3.05. The second-order valence-electron chi connectivity index (χ2n) is 7.00. The molecule has 4 N–H and O–H groups in total. The van der Waals surface area contributed by atoms with Gasteiger partial charge >= 0.3 is 0 Å². The lowest BCUT2D eigenvalue weighted by molar-refractivity contribution is -0.114. The Labute approximate surface area is 204 Å². The monoisotopic (exact) mass is 473 g/mol. The summed E-state index contributed by atoms with van der Waals surface area (Å²) in [7, 11) is 0. The van der Waals surface area contributed by atoms with Crippen LogP contribution in [0.2, 0.25) is 0 Å². The summed E-state index contributed by atoms with van der Waals surface area (Å²) in [5, 5.41) is 8.03. The summed E-state index contributed by atoms with van der Waals surface area (Å²) < 4.78 is 0. The summed E-state index contributed by atoms with van der Waals surface area (Å²) >= 11 is 0. The Morgan fingerprint density at radius 1 is 0.853 bits per heavy atom. The summed E-state index contributed by atoms with van der Waals surface area (Å²) in [6, 6.07) is 22.3. The van der Waals surface area contributed by atoms with Gasteiger partial charge in [-0.25, -0.2) is 4.98 Å². The Kier molecular flexibility index (Phi) is 9.61. The van der Waals surface area contributed by atoms with Crippen molar-refractivity contribution in [2.24, 2.45) is 10.2 Å². The zero-order valence-electron chi connectivity index (χ0n) is 18.2. The van der Waals surface area contributed by atoms with E-state index in [-0.39, 0.29) is 35.7 Å². The number of nitrogens with zero attached hydrogens (tertiary/aromatic N) is 3. The van der Waals surface area contributed by atoms with Crippen LogP contribution >= 0.6 is 12.4 Å². The van der Waals surface area contributed by atoms with Crippen LogP contribution in [0.1, 0.15) is 11.5 Å². The highest BCUT2D eigenvalue weighted by atomic mass is 35.5. The Morgan fingerprint density at radius 2 is 1.50 bits per heavy atom. The van der Waals surface area contributed by atoms with Gasteiger partial charge in [-0.1, -0.05) is 54.6 Å². The van der Waals surface area contributed by atoms with Crippen molar-refractivity contribution in [1.29, 1.82) is 0 Å². The molecule has 8 heteroatoms. The zero-order valence-corrected chi connectivity index (χ0v) is 19.1. The Hall–Kier alpha value is -4.36. The number of halogens is 1. The highest BCUT2D eigenvalue weighted by Gasteiger charge is 2.21. The van der Waals surface area contributed by atoms with E-state index in [1.54, 1.807) is 18.2 Å². The fourth-order valence-corrected chi connectivity index (χ4v) is 3.05. The number of benzene rings is 2. The topological polar surface area (TPSA) is 124 Å². The molecular formula is C26H24ClN5O2. The number of anilines is 2. The number of rotatable bonds is 5. The number of nitrogen functional groups attached to an aromatic ring is 2. The normalized spacial score (nSPS) is 13.4. The van der Waals surface area contributed by atoms with Crippen LogP contribution in [0, 0.1) is 0 Å². The lowest BCUT2D eigenvalue weighted by Gasteiger charge is -2.16. The number of hydrogen-bond donors (Lipinski definition) is 2. The summed E-state index contributed by atoms with van der Waals surface area (Å²) in [5.41, 5.74) is 13.8. The molecule has 3 aromatic rings. The smallest absolute Gasteiger partial charge is 0.183 e. The molecule has 0 saturated heterocycles. The molecule has 1 heterocycles. The fraction of sp³-hybridized carbons (Fsp3) is 0.0385. The standard InChI is InChI=1S/C15H12O2.C11H11N5.ClH/c1-2-13(11-6-4-3-5-7-11)14-10-12(16)8-9-15(14)17;12-10-7-6-9(11(13)14-10)16-15-8-4-2-1-3-5-8;/h2-10,13H,1H2;1-7H,(H4,12,13,14);1H. The molecule has 0 aliphatic heterocycles.